The molecule has 12 aromatic rings. The topological polar surface area (TPSA) is 8.17 Å². The normalized spacial score (nSPS) is 12.6. The molecule has 1 aliphatic carbocycles. The van der Waals surface area contributed by atoms with Crippen molar-refractivity contribution >= 4 is 49.6 Å². The van der Waals surface area contributed by atoms with Gasteiger partial charge in [0.05, 0.1) is 22.1 Å². The fourth-order valence-electron chi connectivity index (χ4n) is 11.2. The van der Waals surface area contributed by atoms with Crippen molar-refractivity contribution in [2.75, 3.05) is 4.90 Å². The van der Waals surface area contributed by atoms with E-state index in [1.807, 2.05) is 0 Å². The van der Waals surface area contributed by atoms with E-state index >= 15 is 0 Å². The first kappa shape index (κ1) is 38.7. The Morgan fingerprint density at radius 3 is 1.69 bits per heavy atom. The SMILES string of the molecule is c1ccc(-c2ccccc2N(c2cccc(-c3ccc4c5ccc6ccccc6c5n(-c5ccccc5)c4c3)c2)c2ccc3c(c2)C(c2ccccc2)(c2ccccc2)c2ccccc2-3)cc1. The molecule has 2 heteroatoms. The van der Waals surface area contributed by atoms with Gasteiger partial charge in [-0.3, -0.25) is 0 Å². The lowest BCUT2D eigenvalue weighted by molar-refractivity contribution is 0.768. The highest BCUT2D eigenvalue weighted by atomic mass is 15.1. The van der Waals surface area contributed by atoms with Gasteiger partial charge in [-0.05, 0) is 104 Å². The van der Waals surface area contributed by atoms with Crippen LogP contribution < -0.4 is 4.90 Å². The quantitative estimate of drug-likeness (QED) is 0.148. The minimum Gasteiger partial charge on any atom is -0.310 e. The Kier molecular flexibility index (Phi) is 9.11. The third-order valence-electron chi connectivity index (χ3n) is 14.0. The summed E-state index contributed by atoms with van der Waals surface area (Å²) < 4.78 is 2.46. The van der Waals surface area contributed by atoms with Crippen LogP contribution >= 0.6 is 0 Å². The zero-order valence-electron chi connectivity index (χ0n) is 36.8. The minimum atomic E-state index is -0.533. The van der Waals surface area contributed by atoms with Crippen LogP contribution in [0.1, 0.15) is 22.3 Å². The van der Waals surface area contributed by atoms with E-state index in [9.17, 15) is 0 Å². The molecule has 1 aliphatic rings. The number of para-hydroxylation sites is 2. The van der Waals surface area contributed by atoms with E-state index in [2.05, 4.69) is 276 Å². The summed E-state index contributed by atoms with van der Waals surface area (Å²) in [6.45, 7) is 0. The molecule has 1 aromatic heterocycles. The van der Waals surface area contributed by atoms with Crippen molar-refractivity contribution in [1.29, 1.82) is 0 Å². The van der Waals surface area contributed by atoms with Crippen molar-refractivity contribution in [3.05, 3.63) is 289 Å². The molecule has 0 unspecified atom stereocenters. The lowest BCUT2D eigenvalue weighted by Gasteiger charge is -2.35. The number of rotatable bonds is 8. The van der Waals surface area contributed by atoms with Crippen molar-refractivity contribution in [3.8, 4) is 39.1 Å². The van der Waals surface area contributed by atoms with Gasteiger partial charge in [-0.15, -0.1) is 0 Å². The highest BCUT2D eigenvalue weighted by Crippen LogP contribution is 2.57. The molecular formula is C65H44N2. The van der Waals surface area contributed by atoms with Crippen LogP contribution in [-0.2, 0) is 5.41 Å². The van der Waals surface area contributed by atoms with E-state index in [1.165, 1.54) is 71.5 Å². The predicted molar refractivity (Wildman–Crippen MR) is 281 cm³/mol. The molecule has 0 saturated carbocycles. The van der Waals surface area contributed by atoms with Crippen LogP contribution in [0.2, 0.25) is 0 Å². The number of anilines is 3. The maximum atomic E-state index is 2.47. The Balaban J connectivity index is 1.04. The summed E-state index contributed by atoms with van der Waals surface area (Å²) in [5, 5.41) is 4.97. The van der Waals surface area contributed by atoms with E-state index < -0.39 is 5.41 Å². The van der Waals surface area contributed by atoms with E-state index in [4.69, 9.17) is 0 Å². The molecule has 0 amide bonds. The van der Waals surface area contributed by atoms with Crippen molar-refractivity contribution in [1.82, 2.24) is 4.57 Å². The molecule has 0 bridgehead atoms. The van der Waals surface area contributed by atoms with Crippen molar-refractivity contribution in [2.24, 2.45) is 0 Å². The fourth-order valence-corrected chi connectivity index (χ4v) is 11.2. The molecule has 0 N–H and O–H groups in total. The summed E-state index contributed by atoms with van der Waals surface area (Å²) in [4.78, 5) is 2.47. The maximum Gasteiger partial charge on any atom is 0.0714 e. The summed E-state index contributed by atoms with van der Waals surface area (Å²) in [6, 6.07) is 98.1. The van der Waals surface area contributed by atoms with E-state index in [0.29, 0.717) is 0 Å². The van der Waals surface area contributed by atoms with Gasteiger partial charge in [-0.25, -0.2) is 0 Å². The molecule has 0 saturated heterocycles. The van der Waals surface area contributed by atoms with E-state index in [-0.39, 0.29) is 0 Å². The molecule has 11 aromatic carbocycles. The second kappa shape index (κ2) is 15.8. The van der Waals surface area contributed by atoms with E-state index in [0.717, 1.165) is 39.4 Å². The van der Waals surface area contributed by atoms with E-state index in [1.54, 1.807) is 0 Å². The first-order valence-electron chi connectivity index (χ1n) is 23.2. The molecule has 0 atom stereocenters. The summed E-state index contributed by atoms with van der Waals surface area (Å²) in [5.74, 6) is 0. The largest absolute Gasteiger partial charge is 0.310 e. The van der Waals surface area contributed by atoms with Gasteiger partial charge in [0.2, 0.25) is 0 Å². The Bertz CT molecular complexity index is 3760. The molecule has 0 aliphatic heterocycles. The highest BCUT2D eigenvalue weighted by Gasteiger charge is 2.46. The minimum absolute atomic E-state index is 0.533. The van der Waals surface area contributed by atoms with Crippen LogP contribution in [-0.4, -0.2) is 4.57 Å². The monoisotopic (exact) mass is 852 g/mol. The summed E-state index contributed by atoms with van der Waals surface area (Å²) in [5.41, 5.74) is 18.5. The number of hydrogen-bond donors (Lipinski definition) is 0. The van der Waals surface area contributed by atoms with Gasteiger partial charge in [0.15, 0.2) is 0 Å². The molecule has 2 nitrogen and oxygen atoms in total. The Labute approximate surface area is 390 Å². The number of nitrogens with zero attached hydrogens (tertiary/aromatic N) is 2. The fraction of sp³-hybridized carbons (Fsp3) is 0.0154. The third-order valence-corrected chi connectivity index (χ3v) is 14.0. The zero-order valence-corrected chi connectivity index (χ0v) is 36.8. The second-order valence-corrected chi connectivity index (χ2v) is 17.6. The zero-order chi connectivity index (χ0) is 44.3. The van der Waals surface area contributed by atoms with Crippen LogP contribution in [0.4, 0.5) is 17.1 Å². The van der Waals surface area contributed by atoms with Gasteiger partial charge >= 0.3 is 0 Å². The van der Waals surface area contributed by atoms with Crippen LogP contribution in [0.5, 0.6) is 0 Å². The average Bonchev–Trinajstić information content (AvgIpc) is 3.90. The number of benzene rings is 11. The summed E-state index contributed by atoms with van der Waals surface area (Å²) in [6.07, 6.45) is 0. The van der Waals surface area contributed by atoms with Gasteiger partial charge in [-0.2, -0.15) is 0 Å². The summed E-state index contributed by atoms with van der Waals surface area (Å²) >= 11 is 0. The molecule has 314 valence electrons. The van der Waals surface area contributed by atoms with Crippen molar-refractivity contribution in [2.45, 2.75) is 5.41 Å². The van der Waals surface area contributed by atoms with Crippen molar-refractivity contribution < 1.29 is 0 Å². The van der Waals surface area contributed by atoms with Gasteiger partial charge in [0.25, 0.3) is 0 Å². The molecule has 1 heterocycles. The molecule has 0 fully saturated rings. The van der Waals surface area contributed by atoms with Crippen LogP contribution in [0.3, 0.4) is 0 Å². The maximum absolute atomic E-state index is 2.47. The number of fused-ring (bicyclic) bond motifs is 8. The molecule has 0 spiro atoms. The Morgan fingerprint density at radius 1 is 0.328 bits per heavy atom. The molecular weight excluding hydrogens is 809 g/mol. The summed E-state index contributed by atoms with van der Waals surface area (Å²) in [7, 11) is 0. The molecule has 0 radical (unpaired) electrons. The van der Waals surface area contributed by atoms with Gasteiger partial charge in [-0.1, -0.05) is 218 Å². The third kappa shape index (κ3) is 6.11. The first-order chi connectivity index (χ1) is 33.3. The van der Waals surface area contributed by atoms with Crippen molar-refractivity contribution in [3.63, 3.8) is 0 Å². The molecule has 13 rings (SSSR count). The number of hydrogen-bond acceptors (Lipinski definition) is 1. The van der Waals surface area contributed by atoms with Crippen LogP contribution in [0, 0.1) is 0 Å². The van der Waals surface area contributed by atoms with Crippen LogP contribution in [0.15, 0.2) is 267 Å². The smallest absolute Gasteiger partial charge is 0.0714 e. The average molecular weight is 853 g/mol. The predicted octanol–water partition coefficient (Wildman–Crippen LogP) is 17.1. The standard InChI is InChI=1S/C65H44N2/c1-5-20-45(21-6-1)54-31-16-18-35-62(54)66(53-38-41-57-56-33-15-17-34-60(56)65(61(57)44-53,49-24-7-2-8-25-49)50-26-9-3-10-27-50)52-30-19-23-47(42-52)48-37-39-58-59-40-36-46-22-13-14-32-55(46)64(59)67(63(58)43-48)51-28-11-4-12-29-51/h1-44H. The first-order valence-corrected chi connectivity index (χ1v) is 23.2. The Morgan fingerprint density at radius 2 is 0.910 bits per heavy atom. The van der Waals surface area contributed by atoms with Gasteiger partial charge < -0.3 is 9.47 Å². The van der Waals surface area contributed by atoms with Gasteiger partial charge in [0.1, 0.15) is 0 Å². The lowest BCUT2D eigenvalue weighted by Crippen LogP contribution is -2.28. The highest BCUT2D eigenvalue weighted by molar-refractivity contribution is 6.19. The second-order valence-electron chi connectivity index (χ2n) is 17.6. The molecule has 67 heavy (non-hydrogen) atoms. The lowest BCUT2D eigenvalue weighted by atomic mass is 9.67. The Hall–Kier alpha value is -8.72. The number of aromatic nitrogens is 1. The van der Waals surface area contributed by atoms with Gasteiger partial charge in [0, 0.05) is 38.8 Å². The van der Waals surface area contributed by atoms with Crippen LogP contribution in [0.25, 0.3) is 71.6 Å².